The van der Waals surface area contributed by atoms with E-state index < -0.39 is 0 Å². The van der Waals surface area contributed by atoms with Gasteiger partial charge in [0.1, 0.15) is 11.9 Å². The predicted molar refractivity (Wildman–Crippen MR) is 86.6 cm³/mol. The molecule has 3 heteroatoms. The van der Waals surface area contributed by atoms with Crippen molar-refractivity contribution in [3.63, 3.8) is 0 Å². The lowest BCUT2D eigenvalue weighted by Gasteiger charge is -2.22. The molecule has 20 heavy (non-hydrogen) atoms. The second kappa shape index (κ2) is 6.42. The van der Waals surface area contributed by atoms with E-state index in [4.69, 9.17) is 10.5 Å². The highest BCUT2D eigenvalue weighted by Crippen LogP contribution is 2.30. The monoisotopic (exact) mass is 289 g/mol. The van der Waals surface area contributed by atoms with Crippen molar-refractivity contribution in [3.8, 4) is 5.75 Å². The molecule has 2 rings (SSSR count). The average molecular weight is 289 g/mol. The number of benzene rings is 1. The molecule has 1 aromatic carbocycles. The van der Waals surface area contributed by atoms with Gasteiger partial charge in [-0.15, -0.1) is 11.3 Å². The standard InChI is InChI=1S/C17H23NOS/c1-11(2)15-8-7-14(10-12(15)3)19-17(13(4)18)16-6-5-9-20-16/h5-11,13,17H,18H2,1-4H3. The summed E-state index contributed by atoms with van der Waals surface area (Å²) in [5.74, 6) is 1.42. The molecule has 0 spiro atoms. The normalized spacial score (nSPS) is 14.3. The van der Waals surface area contributed by atoms with Crippen LogP contribution in [-0.2, 0) is 0 Å². The van der Waals surface area contributed by atoms with Crippen LogP contribution >= 0.6 is 11.3 Å². The number of nitrogens with two attached hydrogens (primary N) is 1. The zero-order chi connectivity index (χ0) is 14.7. The first-order chi connectivity index (χ1) is 9.49. The first-order valence-electron chi connectivity index (χ1n) is 7.05. The lowest BCUT2D eigenvalue weighted by molar-refractivity contribution is 0.184. The Morgan fingerprint density at radius 1 is 1.15 bits per heavy atom. The van der Waals surface area contributed by atoms with Gasteiger partial charge in [0.2, 0.25) is 0 Å². The van der Waals surface area contributed by atoms with Gasteiger partial charge >= 0.3 is 0 Å². The highest BCUT2D eigenvalue weighted by molar-refractivity contribution is 7.10. The van der Waals surface area contributed by atoms with Gasteiger partial charge in [0, 0.05) is 10.9 Å². The molecule has 0 aliphatic rings. The highest BCUT2D eigenvalue weighted by Gasteiger charge is 2.19. The number of thiophene rings is 1. The number of hydrogen-bond donors (Lipinski definition) is 1. The Labute approximate surface area is 125 Å². The molecular weight excluding hydrogens is 266 g/mol. The van der Waals surface area contributed by atoms with Gasteiger partial charge in [-0.3, -0.25) is 0 Å². The molecule has 0 bridgehead atoms. The first-order valence-corrected chi connectivity index (χ1v) is 7.93. The topological polar surface area (TPSA) is 35.2 Å². The van der Waals surface area contributed by atoms with Gasteiger partial charge < -0.3 is 10.5 Å². The molecule has 0 aliphatic heterocycles. The summed E-state index contributed by atoms with van der Waals surface area (Å²) < 4.78 is 6.12. The van der Waals surface area contributed by atoms with E-state index in [2.05, 4.69) is 44.4 Å². The Kier molecular flexibility index (Phi) is 4.84. The summed E-state index contributed by atoms with van der Waals surface area (Å²) in [5.41, 5.74) is 8.71. The van der Waals surface area contributed by atoms with Crippen LogP contribution in [0, 0.1) is 6.92 Å². The van der Waals surface area contributed by atoms with Gasteiger partial charge in [0.05, 0.1) is 0 Å². The molecule has 1 heterocycles. The third kappa shape index (κ3) is 3.41. The Morgan fingerprint density at radius 2 is 1.90 bits per heavy atom. The van der Waals surface area contributed by atoms with E-state index in [-0.39, 0.29) is 12.1 Å². The van der Waals surface area contributed by atoms with Crippen LogP contribution in [0.4, 0.5) is 0 Å². The number of ether oxygens (including phenoxy) is 1. The van der Waals surface area contributed by atoms with Crippen molar-refractivity contribution in [3.05, 3.63) is 51.7 Å². The van der Waals surface area contributed by atoms with E-state index in [0.29, 0.717) is 5.92 Å². The molecule has 108 valence electrons. The summed E-state index contributed by atoms with van der Waals surface area (Å²) in [5, 5.41) is 2.06. The van der Waals surface area contributed by atoms with Gasteiger partial charge in [0.25, 0.3) is 0 Å². The zero-order valence-corrected chi connectivity index (χ0v) is 13.4. The maximum Gasteiger partial charge on any atom is 0.148 e. The largest absolute Gasteiger partial charge is 0.483 e. The van der Waals surface area contributed by atoms with Crippen molar-refractivity contribution in [2.45, 2.75) is 45.8 Å². The van der Waals surface area contributed by atoms with Crippen LogP contribution in [0.5, 0.6) is 5.75 Å². The number of rotatable bonds is 5. The van der Waals surface area contributed by atoms with E-state index in [1.54, 1.807) is 11.3 Å². The van der Waals surface area contributed by atoms with Gasteiger partial charge in [-0.05, 0) is 54.5 Å². The number of hydrogen-bond acceptors (Lipinski definition) is 3. The van der Waals surface area contributed by atoms with Crippen LogP contribution in [0.1, 0.15) is 48.8 Å². The molecular formula is C17H23NOS. The van der Waals surface area contributed by atoms with Crippen molar-refractivity contribution in [1.29, 1.82) is 0 Å². The number of aryl methyl sites for hydroxylation is 1. The van der Waals surface area contributed by atoms with Gasteiger partial charge in [0.15, 0.2) is 0 Å². The highest BCUT2D eigenvalue weighted by atomic mass is 32.1. The molecule has 2 N–H and O–H groups in total. The summed E-state index contributed by atoms with van der Waals surface area (Å²) >= 11 is 1.69. The maximum atomic E-state index is 6.12. The van der Waals surface area contributed by atoms with Crippen LogP contribution in [0.15, 0.2) is 35.7 Å². The van der Waals surface area contributed by atoms with Gasteiger partial charge in [-0.25, -0.2) is 0 Å². The first kappa shape index (κ1) is 15.1. The summed E-state index contributed by atoms with van der Waals surface area (Å²) in [6.07, 6.45) is -0.0840. The molecule has 0 aliphatic carbocycles. The molecule has 2 unspecified atom stereocenters. The molecule has 2 aromatic rings. The molecule has 0 radical (unpaired) electrons. The fourth-order valence-corrected chi connectivity index (χ4v) is 3.26. The fourth-order valence-electron chi connectivity index (χ4n) is 2.39. The third-order valence-electron chi connectivity index (χ3n) is 3.43. The molecule has 2 atom stereocenters. The molecule has 1 aromatic heterocycles. The average Bonchev–Trinajstić information content (AvgIpc) is 2.88. The van der Waals surface area contributed by atoms with E-state index in [1.807, 2.05) is 19.1 Å². The smallest absolute Gasteiger partial charge is 0.148 e. The lowest BCUT2D eigenvalue weighted by Crippen LogP contribution is -2.28. The maximum absolute atomic E-state index is 6.12. The molecule has 0 amide bonds. The van der Waals surface area contributed by atoms with E-state index >= 15 is 0 Å². The Balaban J connectivity index is 2.22. The Morgan fingerprint density at radius 3 is 2.40 bits per heavy atom. The Hall–Kier alpha value is -1.32. The SMILES string of the molecule is Cc1cc(OC(c2cccs2)C(C)N)ccc1C(C)C. The minimum Gasteiger partial charge on any atom is -0.483 e. The summed E-state index contributed by atoms with van der Waals surface area (Å²) in [6, 6.07) is 10.4. The fraction of sp³-hybridized carbons (Fsp3) is 0.412. The van der Waals surface area contributed by atoms with Crippen LogP contribution < -0.4 is 10.5 Å². The lowest BCUT2D eigenvalue weighted by atomic mass is 9.98. The van der Waals surface area contributed by atoms with E-state index in [0.717, 1.165) is 5.75 Å². The summed E-state index contributed by atoms with van der Waals surface area (Å²) in [7, 11) is 0. The summed E-state index contributed by atoms with van der Waals surface area (Å²) in [6.45, 7) is 8.53. The van der Waals surface area contributed by atoms with Crippen molar-refractivity contribution in [2.24, 2.45) is 5.73 Å². The van der Waals surface area contributed by atoms with Crippen molar-refractivity contribution < 1.29 is 4.74 Å². The molecule has 0 fully saturated rings. The second-order valence-corrected chi connectivity index (χ2v) is 6.57. The van der Waals surface area contributed by atoms with Crippen LogP contribution in [0.25, 0.3) is 0 Å². The van der Waals surface area contributed by atoms with Crippen molar-refractivity contribution in [2.75, 3.05) is 0 Å². The van der Waals surface area contributed by atoms with Crippen LogP contribution in [-0.4, -0.2) is 6.04 Å². The van der Waals surface area contributed by atoms with Gasteiger partial charge in [-0.1, -0.05) is 26.0 Å². The predicted octanol–water partition coefficient (Wildman–Crippen LogP) is 4.65. The van der Waals surface area contributed by atoms with Gasteiger partial charge in [-0.2, -0.15) is 0 Å². The molecule has 0 saturated heterocycles. The van der Waals surface area contributed by atoms with Crippen LogP contribution in [0.3, 0.4) is 0 Å². The Bertz CT molecular complexity index is 546. The van der Waals surface area contributed by atoms with E-state index in [9.17, 15) is 0 Å². The quantitative estimate of drug-likeness (QED) is 0.869. The van der Waals surface area contributed by atoms with Crippen molar-refractivity contribution >= 4 is 11.3 Å². The third-order valence-corrected chi connectivity index (χ3v) is 4.36. The molecule has 0 saturated carbocycles. The summed E-state index contributed by atoms with van der Waals surface area (Å²) in [4.78, 5) is 1.17. The minimum atomic E-state index is -0.0840. The van der Waals surface area contributed by atoms with E-state index in [1.165, 1.54) is 16.0 Å². The zero-order valence-electron chi connectivity index (χ0n) is 12.6. The second-order valence-electron chi connectivity index (χ2n) is 5.59. The molecule has 2 nitrogen and oxygen atoms in total. The van der Waals surface area contributed by atoms with Crippen LogP contribution in [0.2, 0.25) is 0 Å². The minimum absolute atomic E-state index is 0.0428. The van der Waals surface area contributed by atoms with Crippen molar-refractivity contribution in [1.82, 2.24) is 0 Å².